The summed E-state index contributed by atoms with van der Waals surface area (Å²) in [5, 5.41) is 14.2. The first-order valence-corrected chi connectivity index (χ1v) is 12.4. The zero-order valence-electron chi connectivity index (χ0n) is 20.1. The molecule has 9 nitrogen and oxygen atoms in total. The number of aromatic nitrogens is 3. The van der Waals surface area contributed by atoms with Crippen LogP contribution in [0.4, 0.5) is 0 Å². The maximum absolute atomic E-state index is 13.2. The van der Waals surface area contributed by atoms with Crippen molar-refractivity contribution in [1.82, 2.24) is 25.0 Å². The lowest BCUT2D eigenvalue weighted by Gasteiger charge is -2.15. The molecule has 2 atom stereocenters. The highest BCUT2D eigenvalue weighted by Crippen LogP contribution is 2.32. The van der Waals surface area contributed by atoms with Crippen LogP contribution in [0.1, 0.15) is 66.1 Å². The van der Waals surface area contributed by atoms with Crippen LogP contribution in [0.5, 0.6) is 0 Å². The van der Waals surface area contributed by atoms with Crippen molar-refractivity contribution in [2.75, 3.05) is 0 Å². The molecule has 0 saturated heterocycles. The highest BCUT2D eigenvalue weighted by Gasteiger charge is 2.26. The van der Waals surface area contributed by atoms with Crippen LogP contribution in [-0.2, 0) is 13.0 Å². The van der Waals surface area contributed by atoms with Gasteiger partial charge in [0.2, 0.25) is 5.78 Å². The van der Waals surface area contributed by atoms with E-state index >= 15 is 0 Å². The Bertz CT molecular complexity index is 1580. The number of hydrogen-bond donors (Lipinski definition) is 3. The molecule has 4 aromatic rings. The molecule has 2 unspecified atom stereocenters. The Morgan fingerprint density at radius 1 is 1.16 bits per heavy atom. The van der Waals surface area contributed by atoms with Gasteiger partial charge in [-0.15, -0.1) is 9.24 Å². The first kappa shape index (κ1) is 24.5. The van der Waals surface area contributed by atoms with Crippen LogP contribution in [0.25, 0.3) is 5.65 Å². The zero-order chi connectivity index (χ0) is 26.1. The lowest BCUT2D eigenvalue weighted by atomic mass is 10.0. The molecule has 3 N–H and O–H groups in total. The molecule has 0 aliphatic heterocycles. The Morgan fingerprint density at radius 2 is 2.00 bits per heavy atom. The number of imidazole rings is 1. The Balaban J connectivity index is 1.35. The number of nitrogens with zero attached hydrogens (tertiary/aromatic N) is 3. The first-order valence-electron chi connectivity index (χ1n) is 11.8. The van der Waals surface area contributed by atoms with Gasteiger partial charge in [-0.3, -0.25) is 18.8 Å². The van der Waals surface area contributed by atoms with Gasteiger partial charge in [-0.05, 0) is 59.5 Å². The highest BCUT2D eigenvalue weighted by molar-refractivity contribution is 7.27. The predicted octanol–water partition coefficient (Wildman–Crippen LogP) is 2.72. The number of rotatable bonds is 7. The summed E-state index contributed by atoms with van der Waals surface area (Å²) in [5.74, 6) is -1.10. The van der Waals surface area contributed by atoms with E-state index in [0.717, 1.165) is 33.8 Å². The summed E-state index contributed by atoms with van der Waals surface area (Å²) in [6.45, 7) is 2.35. The molecule has 1 aliphatic rings. The van der Waals surface area contributed by atoms with Crippen molar-refractivity contribution >= 4 is 44.0 Å². The molecule has 1 aliphatic carbocycles. The van der Waals surface area contributed by atoms with E-state index in [1.54, 1.807) is 16.5 Å². The lowest BCUT2D eigenvalue weighted by molar-refractivity contribution is 0.0931. The van der Waals surface area contributed by atoms with E-state index in [2.05, 4.69) is 29.8 Å². The average molecular weight is 513 g/mol. The molecule has 0 spiro atoms. The SMILES string of the molecule is Cc1cc(CNC(=O)c2cc(C(=O)NC3CCc4cc(C(=O)C=N)ccc43)nc3cncn23)ccc1P. The third-order valence-electron chi connectivity index (χ3n) is 6.58. The van der Waals surface area contributed by atoms with Crippen LogP contribution in [0.15, 0.2) is 55.0 Å². The smallest absolute Gasteiger partial charge is 0.270 e. The molecule has 0 saturated carbocycles. The summed E-state index contributed by atoms with van der Waals surface area (Å²) >= 11 is 0. The number of amides is 2. The number of carbonyl (C=O) groups is 3. The van der Waals surface area contributed by atoms with E-state index in [-0.39, 0.29) is 29.1 Å². The Hall–Kier alpha value is -4.23. The van der Waals surface area contributed by atoms with Crippen molar-refractivity contribution in [1.29, 1.82) is 5.41 Å². The fraction of sp³-hybridized carbons (Fsp3) is 0.185. The predicted molar refractivity (Wildman–Crippen MR) is 143 cm³/mol. The molecule has 37 heavy (non-hydrogen) atoms. The number of benzene rings is 2. The quantitative estimate of drug-likeness (QED) is 0.199. The molecule has 2 heterocycles. The fourth-order valence-electron chi connectivity index (χ4n) is 4.56. The third-order valence-corrected chi connectivity index (χ3v) is 7.23. The number of hydrogen-bond acceptors (Lipinski definition) is 6. The molecule has 2 aromatic carbocycles. The summed E-state index contributed by atoms with van der Waals surface area (Å²) in [5.41, 5.74) is 5.22. The minimum atomic E-state index is -0.401. The molecule has 0 fully saturated rings. The minimum absolute atomic E-state index is 0.116. The van der Waals surface area contributed by atoms with Crippen LogP contribution >= 0.6 is 9.24 Å². The minimum Gasteiger partial charge on any atom is -0.347 e. The summed E-state index contributed by atoms with van der Waals surface area (Å²) < 4.78 is 1.55. The van der Waals surface area contributed by atoms with Gasteiger partial charge in [-0.2, -0.15) is 0 Å². The van der Waals surface area contributed by atoms with Crippen LogP contribution in [-0.4, -0.2) is 38.2 Å². The second-order valence-corrected chi connectivity index (χ2v) is 9.63. The molecule has 2 aromatic heterocycles. The third kappa shape index (κ3) is 4.90. The van der Waals surface area contributed by atoms with E-state index in [1.165, 1.54) is 18.6 Å². The van der Waals surface area contributed by atoms with Gasteiger partial charge in [0, 0.05) is 12.1 Å². The van der Waals surface area contributed by atoms with Crippen LogP contribution < -0.4 is 15.9 Å². The van der Waals surface area contributed by atoms with E-state index in [1.807, 2.05) is 31.2 Å². The maximum atomic E-state index is 13.2. The zero-order valence-corrected chi connectivity index (χ0v) is 21.3. The molecule has 2 amide bonds. The Kier molecular flexibility index (Phi) is 6.63. The number of Topliss-reactive ketones (excluding diaryl/α,β-unsaturated/α-hetero) is 1. The number of aryl methyl sites for hydroxylation is 2. The number of ketones is 1. The molecule has 10 heteroatoms. The molecule has 0 bridgehead atoms. The summed E-state index contributed by atoms with van der Waals surface area (Å²) in [7, 11) is 2.68. The van der Waals surface area contributed by atoms with Gasteiger partial charge in [0.15, 0.2) is 5.65 Å². The van der Waals surface area contributed by atoms with E-state index in [4.69, 9.17) is 5.41 Å². The molecule has 0 radical (unpaired) electrons. The standard InChI is InChI=1S/C27H25N6O3P/c1-15-8-16(2-7-24(15)37)12-30-27(36)22-10-21(31-25-13-29-14-33(22)25)26(35)32-20-6-4-17-9-18(23(34)11-28)3-5-19(17)20/h2-3,5,7-11,13-14,20,28H,4,6,12,37H2,1H3,(H,30,36)(H,32,35). The lowest BCUT2D eigenvalue weighted by Crippen LogP contribution is -2.30. The van der Waals surface area contributed by atoms with E-state index in [0.29, 0.717) is 30.6 Å². The van der Waals surface area contributed by atoms with Crippen molar-refractivity contribution in [3.63, 3.8) is 0 Å². The van der Waals surface area contributed by atoms with Crippen LogP contribution in [0.3, 0.4) is 0 Å². The average Bonchev–Trinajstić information content (AvgIpc) is 3.54. The van der Waals surface area contributed by atoms with Crippen LogP contribution in [0, 0.1) is 12.3 Å². The second kappa shape index (κ2) is 10.0. The largest absolute Gasteiger partial charge is 0.347 e. The van der Waals surface area contributed by atoms with Gasteiger partial charge in [-0.1, -0.05) is 30.3 Å². The maximum Gasteiger partial charge on any atom is 0.270 e. The second-order valence-electron chi connectivity index (χ2n) is 9.01. The topological polar surface area (TPSA) is 129 Å². The van der Waals surface area contributed by atoms with Crippen molar-refractivity contribution in [3.8, 4) is 0 Å². The summed E-state index contributed by atoms with van der Waals surface area (Å²) in [6, 6.07) is 12.5. The van der Waals surface area contributed by atoms with Gasteiger partial charge >= 0.3 is 0 Å². The molecule has 186 valence electrons. The number of fused-ring (bicyclic) bond motifs is 2. The summed E-state index contributed by atoms with van der Waals surface area (Å²) in [6.07, 6.45) is 5.18. The molecular formula is C27H25N6O3P. The van der Waals surface area contributed by atoms with Crippen molar-refractivity contribution in [2.45, 2.75) is 32.4 Å². The molecular weight excluding hydrogens is 487 g/mol. The fourth-order valence-corrected chi connectivity index (χ4v) is 4.74. The summed E-state index contributed by atoms with van der Waals surface area (Å²) in [4.78, 5) is 46.6. The van der Waals surface area contributed by atoms with Gasteiger partial charge in [0.25, 0.3) is 11.8 Å². The van der Waals surface area contributed by atoms with E-state index < -0.39 is 5.91 Å². The van der Waals surface area contributed by atoms with Crippen molar-refractivity contribution in [2.24, 2.45) is 0 Å². The van der Waals surface area contributed by atoms with Crippen LogP contribution in [0.2, 0.25) is 0 Å². The normalized spacial score (nSPS) is 14.3. The van der Waals surface area contributed by atoms with Gasteiger partial charge < -0.3 is 16.0 Å². The Morgan fingerprint density at radius 3 is 2.78 bits per heavy atom. The van der Waals surface area contributed by atoms with Crippen molar-refractivity contribution < 1.29 is 14.4 Å². The number of carbonyl (C=O) groups excluding carboxylic acids is 3. The monoisotopic (exact) mass is 512 g/mol. The van der Waals surface area contributed by atoms with E-state index in [9.17, 15) is 14.4 Å². The molecule has 5 rings (SSSR count). The van der Waals surface area contributed by atoms with Gasteiger partial charge in [0.05, 0.1) is 18.5 Å². The van der Waals surface area contributed by atoms with Crippen molar-refractivity contribution in [3.05, 3.63) is 94.2 Å². The highest BCUT2D eigenvalue weighted by atomic mass is 31.0. The Labute approximate surface area is 215 Å². The number of nitrogens with one attached hydrogen (secondary N) is 3. The van der Waals surface area contributed by atoms with Gasteiger partial charge in [-0.25, -0.2) is 9.97 Å². The van der Waals surface area contributed by atoms with Gasteiger partial charge in [0.1, 0.15) is 17.7 Å². The first-order chi connectivity index (χ1) is 17.8.